The maximum Gasteiger partial charge on any atom is 0.240 e. The Hall–Kier alpha value is -2.95. The molecule has 0 radical (unpaired) electrons. The van der Waals surface area contributed by atoms with Gasteiger partial charge in [-0.15, -0.1) is 0 Å². The van der Waals surface area contributed by atoms with E-state index in [1.807, 2.05) is 67.6 Å². The standard InChI is InChI=1S/C19H21N3O2/c1-15(17-10-6-3-7-11-17)21-22-19(24)13-12-18(23)20-14-16-8-4-2-5-9-16/h2-11H,12-14H2,1H3,(H,20,23)(H,22,24)/b21-15+. The van der Waals surface area contributed by atoms with Crippen molar-refractivity contribution < 1.29 is 9.59 Å². The van der Waals surface area contributed by atoms with Gasteiger partial charge in [-0.25, -0.2) is 5.43 Å². The van der Waals surface area contributed by atoms with E-state index < -0.39 is 0 Å². The lowest BCUT2D eigenvalue weighted by Gasteiger charge is -2.05. The second kappa shape index (κ2) is 9.25. The van der Waals surface area contributed by atoms with E-state index in [9.17, 15) is 9.59 Å². The van der Waals surface area contributed by atoms with Gasteiger partial charge in [-0.2, -0.15) is 5.10 Å². The Morgan fingerprint density at radius 2 is 1.46 bits per heavy atom. The number of hydrogen-bond donors (Lipinski definition) is 2. The molecular formula is C19H21N3O2. The number of hydrogen-bond acceptors (Lipinski definition) is 3. The van der Waals surface area contributed by atoms with Crippen LogP contribution in [0.2, 0.25) is 0 Å². The summed E-state index contributed by atoms with van der Waals surface area (Å²) < 4.78 is 0. The number of carbonyl (C=O) groups excluding carboxylic acids is 2. The summed E-state index contributed by atoms with van der Waals surface area (Å²) in [7, 11) is 0. The van der Waals surface area contributed by atoms with Gasteiger partial charge in [0.25, 0.3) is 0 Å². The maximum absolute atomic E-state index is 11.8. The van der Waals surface area contributed by atoms with Crippen LogP contribution in [0.5, 0.6) is 0 Å². The summed E-state index contributed by atoms with van der Waals surface area (Å²) in [6.45, 7) is 2.29. The summed E-state index contributed by atoms with van der Waals surface area (Å²) in [5, 5.41) is 6.84. The minimum atomic E-state index is -0.278. The van der Waals surface area contributed by atoms with Gasteiger partial charge < -0.3 is 5.32 Å². The van der Waals surface area contributed by atoms with Crippen molar-refractivity contribution in [2.24, 2.45) is 5.10 Å². The zero-order valence-electron chi connectivity index (χ0n) is 13.7. The van der Waals surface area contributed by atoms with Crippen LogP contribution in [-0.4, -0.2) is 17.5 Å². The van der Waals surface area contributed by atoms with E-state index in [2.05, 4.69) is 15.8 Å². The Labute approximate surface area is 141 Å². The maximum atomic E-state index is 11.8. The van der Waals surface area contributed by atoms with Crippen molar-refractivity contribution >= 4 is 17.5 Å². The number of hydrazone groups is 1. The lowest BCUT2D eigenvalue weighted by molar-refractivity contribution is -0.126. The Bertz CT molecular complexity index is 697. The van der Waals surface area contributed by atoms with Crippen molar-refractivity contribution in [1.82, 2.24) is 10.7 Å². The number of nitrogens with one attached hydrogen (secondary N) is 2. The molecule has 0 saturated carbocycles. The second-order valence-electron chi connectivity index (χ2n) is 5.36. The van der Waals surface area contributed by atoms with Crippen molar-refractivity contribution in [3.63, 3.8) is 0 Å². The van der Waals surface area contributed by atoms with E-state index in [1.165, 1.54) is 0 Å². The minimum Gasteiger partial charge on any atom is -0.352 e. The summed E-state index contributed by atoms with van der Waals surface area (Å²) in [4.78, 5) is 23.5. The molecule has 0 aliphatic carbocycles. The highest BCUT2D eigenvalue weighted by Crippen LogP contribution is 2.00. The molecule has 0 fully saturated rings. The highest BCUT2D eigenvalue weighted by Gasteiger charge is 2.06. The predicted octanol–water partition coefficient (Wildman–Crippen LogP) is 2.62. The van der Waals surface area contributed by atoms with E-state index in [0.717, 1.165) is 16.8 Å². The van der Waals surface area contributed by atoms with Crippen LogP contribution in [0.1, 0.15) is 30.9 Å². The van der Waals surface area contributed by atoms with Crippen LogP contribution in [0.15, 0.2) is 65.8 Å². The third-order valence-electron chi connectivity index (χ3n) is 3.45. The van der Waals surface area contributed by atoms with Crippen LogP contribution in [-0.2, 0) is 16.1 Å². The number of amides is 2. The number of nitrogens with zero attached hydrogens (tertiary/aromatic N) is 1. The molecule has 2 amide bonds. The molecule has 5 heteroatoms. The minimum absolute atomic E-state index is 0.103. The van der Waals surface area contributed by atoms with Gasteiger partial charge in [0.15, 0.2) is 0 Å². The summed E-state index contributed by atoms with van der Waals surface area (Å²) in [5.41, 5.74) is 5.17. The molecule has 24 heavy (non-hydrogen) atoms. The molecule has 0 aromatic heterocycles. The van der Waals surface area contributed by atoms with Crippen molar-refractivity contribution in [2.45, 2.75) is 26.3 Å². The molecule has 0 unspecified atom stereocenters. The quantitative estimate of drug-likeness (QED) is 0.607. The lowest BCUT2D eigenvalue weighted by atomic mass is 10.1. The molecule has 2 rings (SSSR count). The highest BCUT2D eigenvalue weighted by atomic mass is 16.2. The molecule has 124 valence electrons. The summed E-state index contributed by atoms with van der Waals surface area (Å²) >= 11 is 0. The summed E-state index contributed by atoms with van der Waals surface area (Å²) in [5.74, 6) is -0.432. The van der Waals surface area contributed by atoms with Gasteiger partial charge in [0.2, 0.25) is 11.8 Å². The molecule has 0 saturated heterocycles. The summed E-state index contributed by atoms with van der Waals surface area (Å²) in [6.07, 6.45) is 0.241. The van der Waals surface area contributed by atoms with Gasteiger partial charge in [-0.3, -0.25) is 9.59 Å². The smallest absolute Gasteiger partial charge is 0.240 e. The molecule has 0 heterocycles. The third-order valence-corrected chi connectivity index (χ3v) is 3.45. The predicted molar refractivity (Wildman–Crippen MR) is 94.3 cm³/mol. The zero-order valence-corrected chi connectivity index (χ0v) is 13.7. The van der Waals surface area contributed by atoms with Gasteiger partial charge in [-0.05, 0) is 18.1 Å². The van der Waals surface area contributed by atoms with Crippen LogP contribution < -0.4 is 10.7 Å². The van der Waals surface area contributed by atoms with E-state index in [4.69, 9.17) is 0 Å². The van der Waals surface area contributed by atoms with Crippen molar-refractivity contribution in [2.75, 3.05) is 0 Å². The van der Waals surface area contributed by atoms with E-state index in [1.54, 1.807) is 0 Å². The van der Waals surface area contributed by atoms with Gasteiger partial charge in [0.05, 0.1) is 5.71 Å². The van der Waals surface area contributed by atoms with Gasteiger partial charge in [0.1, 0.15) is 0 Å². The lowest BCUT2D eigenvalue weighted by Crippen LogP contribution is -2.26. The monoisotopic (exact) mass is 323 g/mol. The van der Waals surface area contributed by atoms with E-state index in [-0.39, 0.29) is 24.7 Å². The van der Waals surface area contributed by atoms with Crippen molar-refractivity contribution in [1.29, 1.82) is 0 Å². The first-order valence-corrected chi connectivity index (χ1v) is 7.84. The topological polar surface area (TPSA) is 70.6 Å². The van der Waals surface area contributed by atoms with Gasteiger partial charge in [0, 0.05) is 19.4 Å². The SMILES string of the molecule is C/C(=N\NC(=O)CCC(=O)NCc1ccccc1)c1ccccc1. The highest BCUT2D eigenvalue weighted by molar-refractivity contribution is 5.99. The Morgan fingerprint density at radius 3 is 2.12 bits per heavy atom. The second-order valence-corrected chi connectivity index (χ2v) is 5.36. The van der Waals surface area contributed by atoms with Gasteiger partial charge >= 0.3 is 0 Å². The van der Waals surface area contributed by atoms with Crippen molar-refractivity contribution in [3.8, 4) is 0 Å². The van der Waals surface area contributed by atoms with E-state index in [0.29, 0.717) is 6.54 Å². The summed E-state index contributed by atoms with van der Waals surface area (Å²) in [6, 6.07) is 19.2. The average molecular weight is 323 g/mol. The number of benzene rings is 2. The first kappa shape index (κ1) is 17.4. The van der Waals surface area contributed by atoms with Crippen molar-refractivity contribution in [3.05, 3.63) is 71.8 Å². The molecule has 0 bridgehead atoms. The van der Waals surface area contributed by atoms with Crippen LogP contribution >= 0.6 is 0 Å². The molecule has 0 aliphatic rings. The molecule has 0 aliphatic heterocycles. The molecule has 5 nitrogen and oxygen atoms in total. The molecule has 2 aromatic rings. The van der Waals surface area contributed by atoms with Crippen LogP contribution in [0.4, 0.5) is 0 Å². The van der Waals surface area contributed by atoms with Crippen LogP contribution in [0.25, 0.3) is 0 Å². The molecule has 0 atom stereocenters. The Balaban J connectivity index is 1.70. The Morgan fingerprint density at radius 1 is 0.875 bits per heavy atom. The molecule has 2 N–H and O–H groups in total. The van der Waals surface area contributed by atoms with Crippen LogP contribution in [0.3, 0.4) is 0 Å². The zero-order chi connectivity index (χ0) is 17.2. The van der Waals surface area contributed by atoms with Gasteiger partial charge in [-0.1, -0.05) is 60.7 Å². The normalized spacial score (nSPS) is 11.0. The Kier molecular flexibility index (Phi) is 6.71. The number of carbonyl (C=O) groups is 2. The molecule has 0 spiro atoms. The van der Waals surface area contributed by atoms with Crippen LogP contribution in [0, 0.1) is 0 Å². The fourth-order valence-electron chi connectivity index (χ4n) is 2.06. The first-order chi connectivity index (χ1) is 11.6. The molecule has 2 aromatic carbocycles. The number of rotatable bonds is 7. The van der Waals surface area contributed by atoms with E-state index >= 15 is 0 Å². The third kappa shape index (κ3) is 6.04. The first-order valence-electron chi connectivity index (χ1n) is 7.84. The fraction of sp³-hybridized carbons (Fsp3) is 0.211. The largest absolute Gasteiger partial charge is 0.352 e. The molecular weight excluding hydrogens is 302 g/mol. The fourth-order valence-corrected chi connectivity index (χ4v) is 2.06. The average Bonchev–Trinajstić information content (AvgIpc) is 2.64.